The zero-order valence-corrected chi connectivity index (χ0v) is 13.9. The summed E-state index contributed by atoms with van der Waals surface area (Å²) < 4.78 is 37.2. The highest BCUT2D eigenvalue weighted by atomic mass is 79.9. The van der Waals surface area contributed by atoms with Crippen molar-refractivity contribution in [3.8, 4) is 5.75 Å². The largest absolute Gasteiger partial charge is 0.495 e. The molecule has 0 atom stereocenters. The summed E-state index contributed by atoms with van der Waals surface area (Å²) >= 11 is 8.86. The van der Waals surface area contributed by atoms with Gasteiger partial charge in [-0.2, -0.15) is 0 Å². The molecule has 0 unspecified atom stereocenters. The number of aliphatic hydroxyl groups is 1. The summed E-state index contributed by atoms with van der Waals surface area (Å²) in [5.41, 5.74) is 0.198. The zero-order valence-electron chi connectivity index (χ0n) is 10.8. The van der Waals surface area contributed by atoms with Crippen LogP contribution in [0, 0.1) is 0 Å². The molecule has 6 nitrogen and oxygen atoms in total. The molecule has 0 spiro atoms. The van der Waals surface area contributed by atoms with Gasteiger partial charge in [0.15, 0.2) is 4.67 Å². The molecule has 21 heavy (non-hydrogen) atoms. The Morgan fingerprint density at radius 3 is 2.71 bits per heavy atom. The van der Waals surface area contributed by atoms with Crippen molar-refractivity contribution in [2.75, 3.05) is 11.8 Å². The van der Waals surface area contributed by atoms with Crippen LogP contribution in [0.25, 0.3) is 0 Å². The molecule has 0 saturated carbocycles. The lowest BCUT2D eigenvalue weighted by Gasteiger charge is -2.11. The number of halogens is 2. The minimum absolute atomic E-state index is 0.0000416. The lowest BCUT2D eigenvalue weighted by Crippen LogP contribution is -2.13. The van der Waals surface area contributed by atoms with Gasteiger partial charge in [-0.15, -0.1) is 0 Å². The summed E-state index contributed by atoms with van der Waals surface area (Å²) in [6, 6.07) is 5.78. The van der Waals surface area contributed by atoms with E-state index in [9.17, 15) is 8.42 Å². The average molecular weight is 397 g/mol. The topological polar surface area (TPSA) is 88.8 Å². The Balaban J connectivity index is 2.41. The van der Waals surface area contributed by atoms with E-state index < -0.39 is 16.6 Å². The van der Waals surface area contributed by atoms with Crippen LogP contribution in [0.1, 0.15) is 5.76 Å². The highest BCUT2D eigenvalue weighted by Gasteiger charge is 2.23. The van der Waals surface area contributed by atoms with Crippen molar-refractivity contribution in [2.45, 2.75) is 11.5 Å². The van der Waals surface area contributed by atoms with Gasteiger partial charge in [0.25, 0.3) is 10.0 Å². The third-order valence-corrected chi connectivity index (χ3v) is 5.02. The number of ether oxygens (including phenoxy) is 1. The van der Waals surface area contributed by atoms with E-state index in [-0.39, 0.29) is 21.0 Å². The molecule has 0 radical (unpaired) electrons. The Hall–Kier alpha value is -1.22. The first-order valence-electron chi connectivity index (χ1n) is 5.63. The molecule has 0 fully saturated rings. The van der Waals surface area contributed by atoms with Gasteiger partial charge in [0.1, 0.15) is 23.0 Å². The summed E-state index contributed by atoms with van der Waals surface area (Å²) in [5.74, 6) is 0.449. The Labute approximate surface area is 134 Å². The summed E-state index contributed by atoms with van der Waals surface area (Å²) in [6.07, 6.45) is 0. The number of hydrogen-bond acceptors (Lipinski definition) is 5. The second kappa shape index (κ2) is 6.27. The molecule has 2 rings (SSSR count). The van der Waals surface area contributed by atoms with Crippen LogP contribution in [0.3, 0.4) is 0 Å². The highest BCUT2D eigenvalue weighted by Crippen LogP contribution is 2.32. The van der Waals surface area contributed by atoms with Gasteiger partial charge >= 0.3 is 0 Å². The predicted molar refractivity (Wildman–Crippen MR) is 81.1 cm³/mol. The fourth-order valence-corrected chi connectivity index (χ4v) is 3.85. The molecule has 0 saturated heterocycles. The second-order valence-corrected chi connectivity index (χ2v) is 6.77. The van der Waals surface area contributed by atoms with Crippen molar-refractivity contribution in [2.24, 2.45) is 0 Å². The number of hydrogen-bond donors (Lipinski definition) is 2. The van der Waals surface area contributed by atoms with Gasteiger partial charge in [0, 0.05) is 11.1 Å². The number of aliphatic hydroxyl groups excluding tert-OH is 1. The molecule has 1 aromatic carbocycles. The summed E-state index contributed by atoms with van der Waals surface area (Å²) in [7, 11) is -2.51. The minimum Gasteiger partial charge on any atom is -0.495 e. The summed E-state index contributed by atoms with van der Waals surface area (Å²) in [6.45, 7) is -0.408. The summed E-state index contributed by atoms with van der Waals surface area (Å²) in [5, 5.41) is 9.34. The van der Waals surface area contributed by atoms with Crippen molar-refractivity contribution < 1.29 is 22.7 Å². The van der Waals surface area contributed by atoms with Crippen LogP contribution in [-0.4, -0.2) is 20.6 Å². The Morgan fingerprint density at radius 2 is 2.14 bits per heavy atom. The van der Waals surface area contributed by atoms with Crippen molar-refractivity contribution in [1.82, 2.24) is 0 Å². The van der Waals surface area contributed by atoms with Crippen LogP contribution < -0.4 is 9.46 Å². The maximum absolute atomic E-state index is 12.3. The highest BCUT2D eigenvalue weighted by molar-refractivity contribution is 9.10. The fourth-order valence-electron chi connectivity index (χ4n) is 1.62. The first-order valence-corrected chi connectivity index (χ1v) is 8.28. The number of benzene rings is 1. The van der Waals surface area contributed by atoms with Crippen molar-refractivity contribution >= 4 is 43.2 Å². The van der Waals surface area contributed by atoms with Crippen LogP contribution in [0.2, 0.25) is 5.02 Å². The van der Waals surface area contributed by atoms with Crippen LogP contribution >= 0.6 is 27.5 Å². The van der Waals surface area contributed by atoms with E-state index in [1.54, 1.807) is 12.1 Å². The molecule has 2 N–H and O–H groups in total. The second-order valence-electron chi connectivity index (χ2n) is 3.96. The third-order valence-electron chi connectivity index (χ3n) is 2.56. The molecular formula is C12H11BrClNO5S. The van der Waals surface area contributed by atoms with Gasteiger partial charge in [-0.1, -0.05) is 11.6 Å². The van der Waals surface area contributed by atoms with E-state index in [0.717, 1.165) is 0 Å². The van der Waals surface area contributed by atoms with E-state index in [4.69, 9.17) is 25.9 Å². The van der Waals surface area contributed by atoms with E-state index in [0.29, 0.717) is 10.8 Å². The molecule has 1 aromatic heterocycles. The summed E-state index contributed by atoms with van der Waals surface area (Å²) in [4.78, 5) is -0.131. The van der Waals surface area contributed by atoms with E-state index in [1.165, 1.54) is 19.2 Å². The number of methoxy groups -OCH3 is 1. The van der Waals surface area contributed by atoms with Gasteiger partial charge < -0.3 is 14.3 Å². The van der Waals surface area contributed by atoms with Crippen LogP contribution in [0.4, 0.5) is 5.69 Å². The predicted octanol–water partition coefficient (Wildman–Crippen LogP) is 3.00. The number of anilines is 1. The normalized spacial score (nSPS) is 11.4. The van der Waals surface area contributed by atoms with Crippen LogP contribution in [0.15, 0.2) is 38.2 Å². The molecule has 2 aromatic rings. The molecule has 0 amide bonds. The van der Waals surface area contributed by atoms with Gasteiger partial charge in [0.05, 0.1) is 12.8 Å². The molecule has 0 aliphatic heterocycles. The average Bonchev–Trinajstić information content (AvgIpc) is 2.81. The van der Waals surface area contributed by atoms with Crippen LogP contribution in [-0.2, 0) is 16.6 Å². The van der Waals surface area contributed by atoms with Crippen molar-refractivity contribution in [3.05, 3.63) is 39.7 Å². The van der Waals surface area contributed by atoms with E-state index in [2.05, 4.69) is 20.7 Å². The SMILES string of the molecule is COc1ccc(Cl)cc1NS(=O)(=O)c1cc(CO)oc1Br. The van der Waals surface area contributed by atoms with Gasteiger partial charge in [-0.05, 0) is 34.1 Å². The molecule has 9 heteroatoms. The van der Waals surface area contributed by atoms with Crippen LogP contribution in [0.5, 0.6) is 5.75 Å². The van der Waals surface area contributed by atoms with Gasteiger partial charge in [0.2, 0.25) is 0 Å². The van der Waals surface area contributed by atoms with Crippen molar-refractivity contribution in [1.29, 1.82) is 0 Å². The number of sulfonamides is 1. The Morgan fingerprint density at radius 1 is 1.43 bits per heavy atom. The zero-order chi connectivity index (χ0) is 15.6. The molecule has 114 valence electrons. The monoisotopic (exact) mass is 395 g/mol. The minimum atomic E-state index is -3.92. The van der Waals surface area contributed by atoms with E-state index in [1.807, 2.05) is 0 Å². The van der Waals surface area contributed by atoms with Gasteiger partial charge in [-0.25, -0.2) is 8.42 Å². The lowest BCUT2D eigenvalue weighted by atomic mass is 10.3. The molecule has 0 aliphatic carbocycles. The lowest BCUT2D eigenvalue weighted by molar-refractivity contribution is 0.245. The number of furan rings is 1. The third kappa shape index (κ3) is 3.52. The Kier molecular flexibility index (Phi) is 4.82. The quantitative estimate of drug-likeness (QED) is 0.811. The van der Waals surface area contributed by atoms with Crippen molar-refractivity contribution in [3.63, 3.8) is 0 Å². The first-order chi connectivity index (χ1) is 9.87. The molecule has 0 aliphatic rings. The number of nitrogens with one attached hydrogen (secondary N) is 1. The smallest absolute Gasteiger partial charge is 0.266 e. The Bertz CT molecular complexity index is 759. The molecular weight excluding hydrogens is 386 g/mol. The van der Waals surface area contributed by atoms with E-state index >= 15 is 0 Å². The first kappa shape index (κ1) is 16.2. The molecule has 0 bridgehead atoms. The maximum atomic E-state index is 12.3. The fraction of sp³-hybridized carbons (Fsp3) is 0.167. The molecule has 1 heterocycles. The number of rotatable bonds is 5. The van der Waals surface area contributed by atoms with Gasteiger partial charge in [-0.3, -0.25) is 4.72 Å². The maximum Gasteiger partial charge on any atom is 0.266 e. The standard InChI is InChI=1S/C12H11BrClNO5S/c1-19-10-3-2-7(14)4-9(10)15-21(17,18)11-5-8(6-16)20-12(11)13/h2-5,15-16H,6H2,1H3.